The van der Waals surface area contributed by atoms with Gasteiger partial charge < -0.3 is 4.74 Å². The van der Waals surface area contributed by atoms with Crippen LogP contribution >= 0.6 is 0 Å². The lowest BCUT2D eigenvalue weighted by Crippen LogP contribution is -2.07. The van der Waals surface area contributed by atoms with Gasteiger partial charge in [-0.25, -0.2) is 0 Å². The second kappa shape index (κ2) is 6.18. The van der Waals surface area contributed by atoms with Crippen LogP contribution in [0.4, 0.5) is 0 Å². The molecule has 0 N–H and O–H groups in total. The molecular formula is C15H17NO3. The van der Waals surface area contributed by atoms with E-state index in [1.165, 1.54) is 0 Å². The van der Waals surface area contributed by atoms with Crippen LogP contribution in [0.2, 0.25) is 0 Å². The molecular weight excluding hydrogens is 242 g/mol. The van der Waals surface area contributed by atoms with Crippen molar-refractivity contribution < 1.29 is 9.66 Å². The molecule has 2 rings (SSSR count). The Labute approximate surface area is 112 Å². The van der Waals surface area contributed by atoms with Gasteiger partial charge in [0.1, 0.15) is 5.75 Å². The van der Waals surface area contributed by atoms with E-state index in [1.807, 2.05) is 36.4 Å². The van der Waals surface area contributed by atoms with Crippen LogP contribution in [0.25, 0.3) is 0 Å². The number of rotatable bonds is 4. The number of nitro groups is 1. The maximum atomic E-state index is 11.2. The zero-order valence-corrected chi connectivity index (χ0v) is 11.0. The molecule has 4 heteroatoms. The van der Waals surface area contributed by atoms with Crippen molar-refractivity contribution in [1.82, 2.24) is 0 Å². The lowest BCUT2D eigenvalue weighted by Gasteiger charge is -2.09. The number of nitrogens with zero attached hydrogens (tertiary/aromatic N) is 1. The molecule has 0 spiro atoms. The van der Waals surface area contributed by atoms with Crippen molar-refractivity contribution in [2.75, 3.05) is 7.11 Å². The first-order valence-electron chi connectivity index (χ1n) is 6.36. The second-order valence-electron chi connectivity index (χ2n) is 4.55. The lowest BCUT2D eigenvalue weighted by atomic mass is 9.97. The van der Waals surface area contributed by atoms with E-state index in [4.69, 9.17) is 4.74 Å². The summed E-state index contributed by atoms with van der Waals surface area (Å²) in [5, 5.41) is 11.2. The number of methoxy groups -OCH3 is 1. The molecule has 100 valence electrons. The van der Waals surface area contributed by atoms with E-state index < -0.39 is 0 Å². The van der Waals surface area contributed by atoms with Crippen LogP contribution in [0.3, 0.4) is 0 Å². The molecule has 19 heavy (non-hydrogen) atoms. The minimum Gasteiger partial charge on any atom is -0.497 e. The summed E-state index contributed by atoms with van der Waals surface area (Å²) >= 11 is 0. The monoisotopic (exact) mass is 259 g/mol. The first kappa shape index (κ1) is 13.3. The van der Waals surface area contributed by atoms with Crippen molar-refractivity contribution >= 4 is 0 Å². The normalized spacial score (nSPS) is 17.1. The van der Waals surface area contributed by atoms with Gasteiger partial charge >= 0.3 is 0 Å². The highest BCUT2D eigenvalue weighted by molar-refractivity contribution is 5.32. The number of benzene rings is 1. The molecule has 0 aliphatic heterocycles. The van der Waals surface area contributed by atoms with Crippen molar-refractivity contribution in [2.24, 2.45) is 0 Å². The zero-order chi connectivity index (χ0) is 13.7. The Kier molecular flexibility index (Phi) is 4.34. The van der Waals surface area contributed by atoms with Crippen molar-refractivity contribution in [3.05, 3.63) is 63.4 Å². The largest absolute Gasteiger partial charge is 0.497 e. The van der Waals surface area contributed by atoms with Crippen LogP contribution in [0.1, 0.15) is 24.8 Å². The quantitative estimate of drug-likeness (QED) is 0.614. The van der Waals surface area contributed by atoms with Crippen molar-refractivity contribution in [2.45, 2.75) is 25.7 Å². The minimum atomic E-state index is -0.255. The van der Waals surface area contributed by atoms with Gasteiger partial charge in [-0.3, -0.25) is 10.1 Å². The zero-order valence-electron chi connectivity index (χ0n) is 11.0. The van der Waals surface area contributed by atoms with Gasteiger partial charge in [-0.2, -0.15) is 0 Å². The molecule has 0 atom stereocenters. The number of hydrogen-bond donors (Lipinski definition) is 0. The number of ether oxygens (including phenoxy) is 1. The highest BCUT2D eigenvalue weighted by atomic mass is 16.6. The second-order valence-corrected chi connectivity index (χ2v) is 4.55. The molecule has 0 radical (unpaired) electrons. The molecule has 0 bridgehead atoms. The average Bonchev–Trinajstić information content (AvgIpc) is 2.46. The molecule has 0 unspecified atom stereocenters. The SMILES string of the molecule is COc1ccc(C/C(=C2\C=CCCC2)[N+](=O)[O-])cc1. The molecule has 0 heterocycles. The Hall–Kier alpha value is -2.10. The van der Waals surface area contributed by atoms with E-state index in [0.717, 1.165) is 36.1 Å². The summed E-state index contributed by atoms with van der Waals surface area (Å²) in [5.41, 5.74) is 2.09. The smallest absolute Gasteiger partial charge is 0.253 e. The van der Waals surface area contributed by atoms with Crippen LogP contribution in [-0.4, -0.2) is 12.0 Å². The third-order valence-electron chi connectivity index (χ3n) is 3.26. The van der Waals surface area contributed by atoms with Crippen molar-refractivity contribution in [1.29, 1.82) is 0 Å². The summed E-state index contributed by atoms with van der Waals surface area (Å²) in [4.78, 5) is 11.0. The lowest BCUT2D eigenvalue weighted by molar-refractivity contribution is -0.428. The van der Waals surface area contributed by atoms with E-state index in [0.29, 0.717) is 12.1 Å². The predicted molar refractivity (Wildman–Crippen MR) is 73.7 cm³/mol. The summed E-state index contributed by atoms with van der Waals surface area (Å²) < 4.78 is 5.08. The van der Waals surface area contributed by atoms with Crippen molar-refractivity contribution in [3.63, 3.8) is 0 Å². The van der Waals surface area contributed by atoms with E-state index in [-0.39, 0.29) is 4.92 Å². The van der Waals surface area contributed by atoms with Crippen LogP contribution in [0.15, 0.2) is 47.7 Å². The third-order valence-corrected chi connectivity index (χ3v) is 3.26. The standard InChI is InChI=1S/C15H17NO3/c1-19-14-9-7-12(8-10-14)11-15(16(17)18)13-5-3-2-4-6-13/h3,5,7-10H,2,4,6,11H2,1H3/b15-13-. The summed E-state index contributed by atoms with van der Waals surface area (Å²) in [6, 6.07) is 7.40. The fourth-order valence-corrected chi connectivity index (χ4v) is 2.19. The Morgan fingerprint density at radius 3 is 2.63 bits per heavy atom. The highest BCUT2D eigenvalue weighted by Crippen LogP contribution is 2.23. The molecule has 0 aromatic heterocycles. The summed E-state index contributed by atoms with van der Waals surface area (Å²) in [6.45, 7) is 0. The van der Waals surface area contributed by atoms with Crippen LogP contribution in [-0.2, 0) is 6.42 Å². The van der Waals surface area contributed by atoms with Crippen LogP contribution in [0, 0.1) is 10.1 Å². The maximum Gasteiger partial charge on any atom is 0.253 e. The van der Waals surface area contributed by atoms with E-state index in [2.05, 4.69) is 0 Å². The number of allylic oxidation sites excluding steroid dienone is 4. The summed E-state index contributed by atoms with van der Waals surface area (Å²) in [5.74, 6) is 0.761. The third kappa shape index (κ3) is 3.44. The Bertz CT molecular complexity index is 515. The Morgan fingerprint density at radius 2 is 2.11 bits per heavy atom. The first-order valence-corrected chi connectivity index (χ1v) is 6.36. The Morgan fingerprint density at radius 1 is 1.37 bits per heavy atom. The van der Waals surface area contributed by atoms with Crippen molar-refractivity contribution in [3.8, 4) is 5.75 Å². The molecule has 0 saturated heterocycles. The molecule has 1 aromatic rings. The number of hydrogen-bond acceptors (Lipinski definition) is 3. The molecule has 4 nitrogen and oxygen atoms in total. The van der Waals surface area contributed by atoms with Gasteiger partial charge in [0.25, 0.3) is 5.70 Å². The van der Waals surface area contributed by atoms with Crippen LogP contribution < -0.4 is 4.74 Å². The first-order chi connectivity index (χ1) is 9.20. The minimum absolute atomic E-state index is 0.255. The van der Waals surface area contributed by atoms with E-state index in [1.54, 1.807) is 7.11 Å². The van der Waals surface area contributed by atoms with Gasteiger partial charge in [0, 0.05) is 5.57 Å². The van der Waals surface area contributed by atoms with Gasteiger partial charge in [0.05, 0.1) is 18.5 Å². The fourth-order valence-electron chi connectivity index (χ4n) is 2.19. The Balaban J connectivity index is 2.23. The molecule has 1 aromatic carbocycles. The predicted octanol–water partition coefficient (Wildman–Crippen LogP) is 3.51. The van der Waals surface area contributed by atoms with Gasteiger partial charge in [-0.05, 0) is 37.0 Å². The molecule has 0 amide bonds. The van der Waals surface area contributed by atoms with Crippen LogP contribution in [0.5, 0.6) is 5.75 Å². The van der Waals surface area contributed by atoms with E-state index >= 15 is 0 Å². The molecule has 1 aliphatic rings. The molecule has 1 aliphatic carbocycles. The topological polar surface area (TPSA) is 52.4 Å². The fraction of sp³-hybridized carbons (Fsp3) is 0.333. The van der Waals surface area contributed by atoms with Gasteiger partial charge in [-0.1, -0.05) is 24.3 Å². The van der Waals surface area contributed by atoms with Gasteiger partial charge in [-0.15, -0.1) is 0 Å². The maximum absolute atomic E-state index is 11.2. The average molecular weight is 259 g/mol. The summed E-state index contributed by atoms with van der Waals surface area (Å²) in [6.07, 6.45) is 7.06. The highest BCUT2D eigenvalue weighted by Gasteiger charge is 2.18. The van der Waals surface area contributed by atoms with E-state index in [9.17, 15) is 10.1 Å². The van der Waals surface area contributed by atoms with Gasteiger partial charge in [0.15, 0.2) is 0 Å². The summed E-state index contributed by atoms with van der Waals surface area (Å²) in [7, 11) is 1.60. The van der Waals surface area contributed by atoms with Gasteiger partial charge in [0.2, 0.25) is 0 Å². The molecule has 0 fully saturated rings. The molecule has 0 saturated carbocycles.